The topological polar surface area (TPSA) is 75.1 Å². The number of hydrogen-bond donors (Lipinski definition) is 0. The number of ether oxygens (including phenoxy) is 1. The van der Waals surface area contributed by atoms with Crippen molar-refractivity contribution in [3.8, 4) is 5.75 Å². The minimum absolute atomic E-state index is 0.171. The Balaban J connectivity index is 1.69. The Hall–Kier alpha value is -2.00. The number of methoxy groups -OCH3 is 1. The number of Topliss-reactive ketones (excluding diaryl/α,β-unsaturated/α-hetero) is 1. The molecule has 2 fully saturated rings. The van der Waals surface area contributed by atoms with E-state index >= 15 is 0 Å². The number of nitrogens with zero attached hydrogens (tertiary/aromatic N) is 3. The van der Waals surface area contributed by atoms with Crippen LogP contribution in [0.15, 0.2) is 23.3 Å². The van der Waals surface area contributed by atoms with Crippen LogP contribution in [0.4, 0.5) is 0 Å². The van der Waals surface area contributed by atoms with Gasteiger partial charge in [-0.05, 0) is 78.6 Å². The molecule has 2 saturated carbocycles. The predicted molar refractivity (Wildman–Crippen MR) is 90.9 cm³/mol. The van der Waals surface area contributed by atoms with Crippen molar-refractivity contribution in [3.63, 3.8) is 0 Å². The molecule has 0 heterocycles. The van der Waals surface area contributed by atoms with Crippen molar-refractivity contribution in [1.29, 1.82) is 0 Å². The van der Waals surface area contributed by atoms with Gasteiger partial charge in [0.2, 0.25) is 0 Å². The second kappa shape index (κ2) is 5.52. The second-order valence-electron chi connectivity index (χ2n) is 7.76. The molecule has 4 rings (SSSR count). The van der Waals surface area contributed by atoms with Crippen molar-refractivity contribution in [3.05, 3.63) is 39.8 Å². The molecule has 0 spiro atoms. The van der Waals surface area contributed by atoms with Crippen LogP contribution in [0.1, 0.15) is 49.7 Å². The maximum atomic E-state index is 12.8. The molecule has 0 aromatic heterocycles. The molecule has 0 aliphatic heterocycles. The summed E-state index contributed by atoms with van der Waals surface area (Å²) in [4.78, 5) is 15.7. The van der Waals surface area contributed by atoms with Gasteiger partial charge in [-0.1, -0.05) is 18.1 Å². The van der Waals surface area contributed by atoms with Crippen molar-refractivity contribution in [2.45, 2.75) is 51.0 Å². The predicted octanol–water partition coefficient (Wildman–Crippen LogP) is 4.41. The summed E-state index contributed by atoms with van der Waals surface area (Å²) in [7, 11) is 1.71. The molecule has 0 saturated heterocycles. The molecule has 3 aliphatic carbocycles. The summed E-state index contributed by atoms with van der Waals surface area (Å²) < 4.78 is 5.37. The highest BCUT2D eigenvalue weighted by Gasteiger charge is 2.57. The van der Waals surface area contributed by atoms with E-state index in [0.717, 1.165) is 37.9 Å². The van der Waals surface area contributed by atoms with E-state index in [2.05, 4.69) is 35.1 Å². The Morgan fingerprint density at radius 2 is 2.21 bits per heavy atom. The van der Waals surface area contributed by atoms with Crippen molar-refractivity contribution in [2.24, 2.45) is 22.4 Å². The van der Waals surface area contributed by atoms with Gasteiger partial charge < -0.3 is 4.74 Å². The molecular formula is C19H23N3O2. The van der Waals surface area contributed by atoms with Crippen LogP contribution in [0, 0.1) is 17.3 Å². The number of aryl methyl sites for hydroxylation is 1. The van der Waals surface area contributed by atoms with Crippen LogP contribution in [0.25, 0.3) is 10.4 Å². The summed E-state index contributed by atoms with van der Waals surface area (Å²) in [5.74, 6) is 2.48. The lowest BCUT2D eigenvalue weighted by Gasteiger charge is -2.48. The summed E-state index contributed by atoms with van der Waals surface area (Å²) in [5, 5.41) is 3.79. The monoisotopic (exact) mass is 325 g/mol. The van der Waals surface area contributed by atoms with Crippen LogP contribution in [0.3, 0.4) is 0 Å². The molecule has 24 heavy (non-hydrogen) atoms. The lowest BCUT2D eigenvalue weighted by atomic mass is 9.55. The Morgan fingerprint density at radius 1 is 1.38 bits per heavy atom. The number of carbonyl (C=O) groups excluding carboxylic acids is 1. The van der Waals surface area contributed by atoms with E-state index in [4.69, 9.17) is 10.3 Å². The van der Waals surface area contributed by atoms with Crippen molar-refractivity contribution in [2.75, 3.05) is 7.11 Å². The van der Waals surface area contributed by atoms with Gasteiger partial charge in [0.25, 0.3) is 0 Å². The molecular weight excluding hydrogens is 302 g/mol. The summed E-state index contributed by atoms with van der Waals surface area (Å²) in [6.07, 6.45) is 4.83. The molecule has 0 unspecified atom stereocenters. The van der Waals surface area contributed by atoms with Gasteiger partial charge in [0.15, 0.2) is 0 Å². The fourth-order valence-electron chi connectivity index (χ4n) is 5.64. The van der Waals surface area contributed by atoms with Crippen molar-refractivity contribution in [1.82, 2.24) is 0 Å². The molecule has 1 aromatic rings. The van der Waals surface area contributed by atoms with E-state index in [-0.39, 0.29) is 11.2 Å². The average molecular weight is 325 g/mol. The highest BCUT2D eigenvalue weighted by atomic mass is 16.5. The van der Waals surface area contributed by atoms with Gasteiger partial charge in [0, 0.05) is 10.3 Å². The van der Waals surface area contributed by atoms with Crippen LogP contribution >= 0.6 is 0 Å². The molecule has 1 aromatic carbocycles. The highest BCUT2D eigenvalue weighted by molar-refractivity contribution is 5.92. The number of fused-ring (bicyclic) bond motifs is 5. The number of carbonyl (C=O) groups is 1. The van der Waals surface area contributed by atoms with Gasteiger partial charge in [-0.2, -0.15) is 0 Å². The molecule has 126 valence electrons. The van der Waals surface area contributed by atoms with Gasteiger partial charge in [0.1, 0.15) is 11.5 Å². The first-order valence-electron chi connectivity index (χ1n) is 8.84. The fraction of sp³-hybridized carbons (Fsp3) is 0.632. The Labute approximate surface area is 142 Å². The van der Waals surface area contributed by atoms with E-state index in [9.17, 15) is 4.79 Å². The number of benzene rings is 1. The summed E-state index contributed by atoms with van der Waals surface area (Å²) >= 11 is 0. The van der Waals surface area contributed by atoms with E-state index in [1.165, 1.54) is 11.1 Å². The third kappa shape index (κ3) is 2.07. The average Bonchev–Trinajstić information content (AvgIpc) is 2.86. The zero-order valence-corrected chi connectivity index (χ0v) is 14.2. The van der Waals surface area contributed by atoms with Gasteiger partial charge >= 0.3 is 0 Å². The van der Waals surface area contributed by atoms with Crippen molar-refractivity contribution >= 4 is 5.78 Å². The lowest BCUT2D eigenvalue weighted by Crippen LogP contribution is -2.42. The third-order valence-electron chi connectivity index (χ3n) is 6.86. The maximum absolute atomic E-state index is 12.8. The van der Waals surface area contributed by atoms with E-state index in [1.54, 1.807) is 7.11 Å². The minimum atomic E-state index is -0.457. The molecule has 0 N–H and O–H groups in total. The highest BCUT2D eigenvalue weighted by Crippen LogP contribution is 2.60. The SMILES string of the molecule is COc1ccc2c(c1)CC[C@@H]1[C@@H]2CC[C@@]2(C)C(=O)[C@@H](N=[N+]=[N-])C[C@@H]12. The van der Waals surface area contributed by atoms with Crippen LogP contribution in [0.2, 0.25) is 0 Å². The molecule has 5 nitrogen and oxygen atoms in total. The van der Waals surface area contributed by atoms with Gasteiger partial charge in [0.05, 0.1) is 13.2 Å². The second-order valence-corrected chi connectivity index (χ2v) is 7.76. The van der Waals surface area contributed by atoms with Crippen molar-refractivity contribution < 1.29 is 9.53 Å². The molecule has 5 heteroatoms. The molecule has 5 atom stereocenters. The number of ketones is 1. The molecule has 0 amide bonds. The zero-order chi connectivity index (χ0) is 16.9. The Bertz CT molecular complexity index is 740. The van der Waals surface area contributed by atoms with Gasteiger partial charge in [-0.3, -0.25) is 4.79 Å². The van der Waals surface area contributed by atoms with Crippen LogP contribution in [0.5, 0.6) is 5.75 Å². The number of hydrogen-bond acceptors (Lipinski definition) is 3. The first-order chi connectivity index (χ1) is 11.6. The fourth-order valence-corrected chi connectivity index (χ4v) is 5.64. The third-order valence-corrected chi connectivity index (χ3v) is 6.86. The first-order valence-corrected chi connectivity index (χ1v) is 8.84. The normalized spacial score (nSPS) is 37.0. The zero-order valence-electron chi connectivity index (χ0n) is 14.2. The quantitative estimate of drug-likeness (QED) is 0.459. The first kappa shape index (κ1) is 15.5. The maximum Gasteiger partial charge on any atom is 0.147 e. The Morgan fingerprint density at radius 3 is 2.96 bits per heavy atom. The largest absolute Gasteiger partial charge is 0.497 e. The molecule has 0 bridgehead atoms. The standard InChI is InChI=1S/C19H23N3O2/c1-19-8-7-14-13-6-4-12(24-2)9-11(13)3-5-15(14)16(19)10-17(18(19)23)21-22-20/h4,6,9,14-17H,3,5,7-8,10H2,1-2H3/t14-,15-,16+,17+,19-/m1/s1. The molecule has 3 aliphatic rings. The summed E-state index contributed by atoms with van der Waals surface area (Å²) in [5.41, 5.74) is 11.3. The minimum Gasteiger partial charge on any atom is -0.497 e. The lowest BCUT2D eigenvalue weighted by molar-refractivity contribution is -0.130. The van der Waals surface area contributed by atoms with E-state index < -0.39 is 6.04 Å². The van der Waals surface area contributed by atoms with Gasteiger partial charge in [-0.25, -0.2) is 0 Å². The number of azide groups is 1. The van der Waals surface area contributed by atoms with E-state index in [0.29, 0.717) is 17.8 Å². The Kier molecular flexibility index (Phi) is 3.57. The van der Waals surface area contributed by atoms with Crippen LogP contribution in [-0.2, 0) is 11.2 Å². The number of rotatable bonds is 2. The van der Waals surface area contributed by atoms with Gasteiger partial charge in [-0.15, -0.1) is 0 Å². The summed E-state index contributed by atoms with van der Waals surface area (Å²) in [6.45, 7) is 2.10. The summed E-state index contributed by atoms with van der Waals surface area (Å²) in [6, 6.07) is 5.98. The van der Waals surface area contributed by atoms with Crippen LogP contribution in [-0.4, -0.2) is 18.9 Å². The smallest absolute Gasteiger partial charge is 0.147 e. The molecule has 0 radical (unpaired) electrons. The van der Waals surface area contributed by atoms with Crippen LogP contribution < -0.4 is 4.74 Å². The van der Waals surface area contributed by atoms with E-state index in [1.807, 2.05) is 0 Å².